The van der Waals surface area contributed by atoms with Gasteiger partial charge in [0.15, 0.2) is 5.65 Å². The van der Waals surface area contributed by atoms with E-state index in [0.717, 1.165) is 23.5 Å². The summed E-state index contributed by atoms with van der Waals surface area (Å²) < 4.78 is 3.56. The highest BCUT2D eigenvalue weighted by atomic mass is 15.3. The van der Waals surface area contributed by atoms with Gasteiger partial charge in [-0.05, 0) is 19.9 Å². The van der Waals surface area contributed by atoms with Gasteiger partial charge in [0.1, 0.15) is 11.6 Å². The summed E-state index contributed by atoms with van der Waals surface area (Å²) in [6.45, 7) is 4.82. The third kappa shape index (κ3) is 1.67. The molecule has 0 aromatic carbocycles. The Morgan fingerprint density at radius 2 is 2.26 bits per heavy atom. The van der Waals surface area contributed by atoms with Crippen molar-refractivity contribution >= 4 is 5.65 Å². The van der Waals surface area contributed by atoms with Gasteiger partial charge in [0, 0.05) is 24.5 Å². The highest BCUT2D eigenvalue weighted by molar-refractivity contribution is 5.66. The van der Waals surface area contributed by atoms with Crippen LogP contribution in [0, 0.1) is 18.3 Å². The Hall–Kier alpha value is -2.68. The van der Waals surface area contributed by atoms with Crippen LogP contribution in [0.15, 0.2) is 24.7 Å². The second kappa shape index (κ2) is 4.21. The number of aromatic nitrogens is 5. The maximum atomic E-state index is 9.02. The monoisotopic (exact) mass is 252 g/mol. The molecule has 0 fully saturated rings. The van der Waals surface area contributed by atoms with Crippen molar-refractivity contribution in [3.8, 4) is 17.3 Å². The van der Waals surface area contributed by atoms with Crippen molar-refractivity contribution < 1.29 is 0 Å². The molecule has 0 saturated heterocycles. The molecule has 0 unspecified atom stereocenters. The molecule has 0 aliphatic carbocycles. The van der Waals surface area contributed by atoms with Crippen LogP contribution in [0.2, 0.25) is 0 Å². The lowest BCUT2D eigenvalue weighted by atomic mass is 10.2. The molecule has 3 aromatic rings. The normalized spacial score (nSPS) is 10.8. The summed E-state index contributed by atoms with van der Waals surface area (Å²) in [4.78, 5) is 4.21. The van der Waals surface area contributed by atoms with E-state index < -0.39 is 0 Å². The molecule has 6 heteroatoms. The first-order valence-corrected chi connectivity index (χ1v) is 6.02. The average molecular weight is 252 g/mol. The predicted molar refractivity (Wildman–Crippen MR) is 69.3 cm³/mol. The largest absolute Gasteiger partial charge is 0.272 e. The lowest BCUT2D eigenvalue weighted by Gasteiger charge is -2.02. The number of fused-ring (bicyclic) bond motifs is 1. The van der Waals surface area contributed by atoms with E-state index >= 15 is 0 Å². The molecule has 0 spiro atoms. The van der Waals surface area contributed by atoms with Crippen LogP contribution in [-0.4, -0.2) is 24.4 Å². The van der Waals surface area contributed by atoms with Crippen LogP contribution >= 0.6 is 0 Å². The minimum atomic E-state index is 0.474. The van der Waals surface area contributed by atoms with Crippen LogP contribution in [0.3, 0.4) is 0 Å². The standard InChI is InChI=1S/C13H12N6/c1-3-18-8-11(9(2)17-18)12-4-5-15-13-10(6-14)7-16-19(12)13/h4-5,7-8H,3H2,1-2H3. The Bertz CT molecular complexity index is 789. The molecule has 0 atom stereocenters. The zero-order valence-electron chi connectivity index (χ0n) is 10.7. The Kier molecular flexibility index (Phi) is 2.53. The van der Waals surface area contributed by atoms with Gasteiger partial charge in [-0.1, -0.05) is 0 Å². The first kappa shape index (κ1) is 11.4. The fourth-order valence-electron chi connectivity index (χ4n) is 2.11. The number of rotatable bonds is 2. The van der Waals surface area contributed by atoms with E-state index in [4.69, 9.17) is 5.26 Å². The summed E-state index contributed by atoms with van der Waals surface area (Å²) in [6, 6.07) is 3.97. The predicted octanol–water partition coefficient (Wildman–Crippen LogP) is 1.79. The molecular formula is C13H12N6. The summed E-state index contributed by atoms with van der Waals surface area (Å²) in [5.41, 5.74) is 3.87. The summed E-state index contributed by atoms with van der Waals surface area (Å²) in [6.07, 6.45) is 5.21. The van der Waals surface area contributed by atoms with Crippen LogP contribution in [-0.2, 0) is 6.54 Å². The van der Waals surface area contributed by atoms with Crippen molar-refractivity contribution in [1.82, 2.24) is 24.4 Å². The first-order chi connectivity index (χ1) is 9.24. The van der Waals surface area contributed by atoms with Crippen molar-refractivity contribution in [3.63, 3.8) is 0 Å². The lowest BCUT2D eigenvalue weighted by Crippen LogP contribution is -1.96. The number of nitriles is 1. The van der Waals surface area contributed by atoms with Crippen LogP contribution < -0.4 is 0 Å². The number of hydrogen-bond acceptors (Lipinski definition) is 4. The van der Waals surface area contributed by atoms with Crippen molar-refractivity contribution in [1.29, 1.82) is 5.26 Å². The fourth-order valence-corrected chi connectivity index (χ4v) is 2.11. The number of hydrogen-bond donors (Lipinski definition) is 0. The van der Waals surface area contributed by atoms with Gasteiger partial charge in [0.25, 0.3) is 0 Å². The van der Waals surface area contributed by atoms with E-state index in [9.17, 15) is 0 Å². The van der Waals surface area contributed by atoms with Crippen LogP contribution in [0.5, 0.6) is 0 Å². The third-order valence-electron chi connectivity index (χ3n) is 3.07. The maximum absolute atomic E-state index is 9.02. The van der Waals surface area contributed by atoms with Gasteiger partial charge < -0.3 is 0 Å². The molecule has 0 radical (unpaired) electrons. The Labute approximate surface area is 109 Å². The second-order valence-electron chi connectivity index (χ2n) is 4.22. The number of aryl methyl sites for hydroxylation is 2. The molecule has 0 amide bonds. The average Bonchev–Trinajstić information content (AvgIpc) is 3.01. The molecule has 3 heterocycles. The van der Waals surface area contributed by atoms with Gasteiger partial charge in [0.05, 0.1) is 17.6 Å². The lowest BCUT2D eigenvalue weighted by molar-refractivity contribution is 0.653. The highest BCUT2D eigenvalue weighted by Gasteiger charge is 2.13. The Balaban J connectivity index is 2.28. The van der Waals surface area contributed by atoms with Gasteiger partial charge in [0.2, 0.25) is 0 Å². The molecule has 19 heavy (non-hydrogen) atoms. The quantitative estimate of drug-likeness (QED) is 0.697. The molecule has 0 aliphatic rings. The van der Waals surface area contributed by atoms with Crippen LogP contribution in [0.1, 0.15) is 18.2 Å². The van der Waals surface area contributed by atoms with E-state index in [2.05, 4.69) is 21.3 Å². The first-order valence-electron chi connectivity index (χ1n) is 6.02. The highest BCUT2D eigenvalue weighted by Crippen LogP contribution is 2.23. The van der Waals surface area contributed by atoms with Gasteiger partial charge in [-0.15, -0.1) is 0 Å². The molecule has 0 N–H and O–H groups in total. The van der Waals surface area contributed by atoms with Crippen LogP contribution in [0.4, 0.5) is 0 Å². The minimum absolute atomic E-state index is 0.474. The Morgan fingerprint density at radius 1 is 1.42 bits per heavy atom. The van der Waals surface area contributed by atoms with Crippen molar-refractivity contribution in [2.75, 3.05) is 0 Å². The molecular weight excluding hydrogens is 240 g/mol. The molecule has 3 aromatic heterocycles. The zero-order chi connectivity index (χ0) is 13.4. The topological polar surface area (TPSA) is 71.8 Å². The molecule has 3 rings (SSSR count). The van der Waals surface area contributed by atoms with Gasteiger partial charge in [-0.3, -0.25) is 4.68 Å². The molecule has 94 valence electrons. The van der Waals surface area contributed by atoms with E-state index in [1.807, 2.05) is 30.8 Å². The van der Waals surface area contributed by atoms with E-state index in [1.165, 1.54) is 6.20 Å². The van der Waals surface area contributed by atoms with Gasteiger partial charge >= 0.3 is 0 Å². The van der Waals surface area contributed by atoms with Crippen molar-refractivity contribution in [2.24, 2.45) is 0 Å². The molecule has 0 saturated carbocycles. The fraction of sp³-hybridized carbons (Fsp3) is 0.231. The maximum Gasteiger partial charge on any atom is 0.173 e. The van der Waals surface area contributed by atoms with Crippen molar-refractivity contribution in [3.05, 3.63) is 35.9 Å². The second-order valence-corrected chi connectivity index (χ2v) is 4.22. The van der Waals surface area contributed by atoms with Gasteiger partial charge in [-0.2, -0.15) is 15.5 Å². The molecule has 0 bridgehead atoms. The van der Waals surface area contributed by atoms with Crippen LogP contribution in [0.25, 0.3) is 16.9 Å². The number of nitrogens with zero attached hydrogens (tertiary/aromatic N) is 6. The van der Waals surface area contributed by atoms with E-state index in [1.54, 1.807) is 10.7 Å². The summed E-state index contributed by atoms with van der Waals surface area (Å²) in [5, 5.41) is 17.7. The molecule has 0 aliphatic heterocycles. The smallest absolute Gasteiger partial charge is 0.173 e. The summed E-state index contributed by atoms with van der Waals surface area (Å²) in [5.74, 6) is 0. The summed E-state index contributed by atoms with van der Waals surface area (Å²) in [7, 11) is 0. The third-order valence-corrected chi connectivity index (χ3v) is 3.07. The van der Waals surface area contributed by atoms with Crippen molar-refractivity contribution in [2.45, 2.75) is 20.4 Å². The Morgan fingerprint density at radius 3 is 2.95 bits per heavy atom. The van der Waals surface area contributed by atoms with Gasteiger partial charge in [-0.25, -0.2) is 9.50 Å². The minimum Gasteiger partial charge on any atom is -0.272 e. The zero-order valence-corrected chi connectivity index (χ0v) is 10.7. The van der Waals surface area contributed by atoms with E-state index in [0.29, 0.717) is 11.2 Å². The summed E-state index contributed by atoms with van der Waals surface area (Å²) >= 11 is 0. The van der Waals surface area contributed by atoms with E-state index in [-0.39, 0.29) is 0 Å². The molecule has 6 nitrogen and oxygen atoms in total. The SMILES string of the molecule is CCn1cc(-c2ccnc3c(C#N)cnn23)c(C)n1.